The number of amides is 1. The number of carbonyl (C=O) groups excluding carboxylic acids is 1. The van der Waals surface area contributed by atoms with Gasteiger partial charge in [0.1, 0.15) is 5.75 Å². The van der Waals surface area contributed by atoms with E-state index in [2.05, 4.69) is 5.32 Å². The highest BCUT2D eigenvalue weighted by atomic mass is 16.5. The Balaban J connectivity index is 1.58. The van der Waals surface area contributed by atoms with Crippen LogP contribution < -0.4 is 10.1 Å². The fraction of sp³-hybridized carbons (Fsp3) is 0.467. The van der Waals surface area contributed by atoms with Crippen LogP contribution >= 0.6 is 0 Å². The highest BCUT2D eigenvalue weighted by Gasteiger charge is 2.50. The van der Waals surface area contributed by atoms with E-state index in [1.54, 1.807) is 0 Å². The Morgan fingerprint density at radius 2 is 1.95 bits per heavy atom. The molecule has 108 valence electrons. The Morgan fingerprint density at radius 3 is 2.55 bits per heavy atom. The molecule has 1 aliphatic carbocycles. The predicted molar refractivity (Wildman–Crippen MR) is 73.5 cm³/mol. The lowest BCUT2D eigenvalue weighted by atomic mass is 10.1. The summed E-state index contributed by atoms with van der Waals surface area (Å²) in [5.41, 5.74) is -0.698. The van der Waals surface area contributed by atoms with Gasteiger partial charge < -0.3 is 15.2 Å². The minimum atomic E-state index is -0.815. The second kappa shape index (κ2) is 6.41. The third kappa shape index (κ3) is 3.98. The first-order valence-electron chi connectivity index (χ1n) is 6.80. The van der Waals surface area contributed by atoms with Crippen molar-refractivity contribution in [1.82, 2.24) is 5.32 Å². The predicted octanol–water partition coefficient (Wildman–Crippen LogP) is 1.83. The molecule has 1 fully saturated rings. The number of hydrogen-bond donors (Lipinski definition) is 2. The van der Waals surface area contributed by atoms with E-state index in [-0.39, 0.29) is 12.5 Å². The first-order valence-corrected chi connectivity index (χ1v) is 6.80. The number of carboxylic acid groups (broad SMARTS) is 1. The van der Waals surface area contributed by atoms with E-state index < -0.39 is 11.4 Å². The van der Waals surface area contributed by atoms with Crippen molar-refractivity contribution >= 4 is 11.9 Å². The van der Waals surface area contributed by atoms with Crippen LogP contribution in [0.4, 0.5) is 0 Å². The van der Waals surface area contributed by atoms with Crippen molar-refractivity contribution in [3.8, 4) is 5.75 Å². The minimum absolute atomic E-state index is 0.116. The van der Waals surface area contributed by atoms with Crippen LogP contribution in [-0.4, -0.2) is 30.1 Å². The summed E-state index contributed by atoms with van der Waals surface area (Å²) in [6.07, 6.45) is 2.27. The molecular formula is C15H19NO4. The number of benzene rings is 1. The van der Waals surface area contributed by atoms with Gasteiger partial charge in [-0.1, -0.05) is 18.2 Å². The van der Waals surface area contributed by atoms with Crippen molar-refractivity contribution < 1.29 is 19.4 Å². The van der Waals surface area contributed by atoms with E-state index in [9.17, 15) is 9.59 Å². The molecular weight excluding hydrogens is 258 g/mol. The molecule has 20 heavy (non-hydrogen) atoms. The van der Waals surface area contributed by atoms with Crippen molar-refractivity contribution in [2.45, 2.75) is 25.7 Å². The van der Waals surface area contributed by atoms with Gasteiger partial charge in [-0.3, -0.25) is 9.59 Å². The van der Waals surface area contributed by atoms with E-state index >= 15 is 0 Å². The van der Waals surface area contributed by atoms with Gasteiger partial charge in [0.2, 0.25) is 5.91 Å². The second-order valence-electron chi connectivity index (χ2n) is 5.13. The number of carboxylic acids is 1. The lowest BCUT2D eigenvalue weighted by molar-refractivity contribution is -0.143. The van der Waals surface area contributed by atoms with Gasteiger partial charge in [0.15, 0.2) is 0 Å². The standard InChI is InChI=1S/C15H19NO4/c17-13(16-11-15(8-9-15)14(18)19)7-4-10-20-12-5-2-1-3-6-12/h1-3,5-6H,4,7-11H2,(H,16,17)(H,18,19). The zero-order valence-corrected chi connectivity index (χ0v) is 11.3. The van der Waals surface area contributed by atoms with Crippen LogP contribution in [0.3, 0.4) is 0 Å². The van der Waals surface area contributed by atoms with Crippen LogP contribution in [0.5, 0.6) is 5.75 Å². The number of carbonyl (C=O) groups is 2. The van der Waals surface area contributed by atoms with Gasteiger partial charge in [0.05, 0.1) is 12.0 Å². The molecule has 1 amide bonds. The van der Waals surface area contributed by atoms with Gasteiger partial charge in [-0.25, -0.2) is 0 Å². The summed E-state index contributed by atoms with van der Waals surface area (Å²) in [5, 5.41) is 11.7. The topological polar surface area (TPSA) is 75.6 Å². The Labute approximate surface area is 117 Å². The third-order valence-corrected chi connectivity index (χ3v) is 3.49. The van der Waals surface area contributed by atoms with Crippen molar-refractivity contribution in [1.29, 1.82) is 0 Å². The molecule has 5 heteroatoms. The van der Waals surface area contributed by atoms with Crippen molar-refractivity contribution in [2.24, 2.45) is 5.41 Å². The molecule has 1 aliphatic rings. The third-order valence-electron chi connectivity index (χ3n) is 3.49. The molecule has 0 spiro atoms. The molecule has 0 unspecified atom stereocenters. The SMILES string of the molecule is O=C(CCCOc1ccccc1)NCC1(C(=O)O)CC1. The molecule has 2 rings (SSSR count). The fourth-order valence-electron chi connectivity index (χ4n) is 1.91. The van der Waals surface area contributed by atoms with E-state index in [1.165, 1.54) is 0 Å². The van der Waals surface area contributed by atoms with Crippen LogP contribution in [-0.2, 0) is 9.59 Å². The zero-order chi connectivity index (χ0) is 14.4. The zero-order valence-electron chi connectivity index (χ0n) is 11.3. The number of rotatable bonds is 8. The molecule has 2 N–H and O–H groups in total. The molecule has 0 atom stereocenters. The van der Waals surface area contributed by atoms with Gasteiger partial charge in [-0.2, -0.15) is 0 Å². The first kappa shape index (κ1) is 14.4. The van der Waals surface area contributed by atoms with Gasteiger partial charge in [0, 0.05) is 13.0 Å². The van der Waals surface area contributed by atoms with Crippen molar-refractivity contribution in [3.63, 3.8) is 0 Å². The summed E-state index contributed by atoms with van der Waals surface area (Å²) in [6.45, 7) is 0.711. The summed E-state index contributed by atoms with van der Waals surface area (Å²) in [7, 11) is 0. The molecule has 5 nitrogen and oxygen atoms in total. The minimum Gasteiger partial charge on any atom is -0.494 e. The van der Waals surface area contributed by atoms with E-state index in [0.29, 0.717) is 32.3 Å². The van der Waals surface area contributed by atoms with Gasteiger partial charge in [0.25, 0.3) is 0 Å². The van der Waals surface area contributed by atoms with Crippen LogP contribution in [0.15, 0.2) is 30.3 Å². The number of ether oxygens (including phenoxy) is 1. The lowest BCUT2D eigenvalue weighted by Crippen LogP contribution is -2.34. The summed E-state index contributed by atoms with van der Waals surface area (Å²) in [4.78, 5) is 22.5. The van der Waals surface area contributed by atoms with Gasteiger partial charge in [-0.15, -0.1) is 0 Å². The lowest BCUT2D eigenvalue weighted by Gasteiger charge is -2.11. The molecule has 1 aromatic rings. The average molecular weight is 277 g/mol. The molecule has 0 heterocycles. The molecule has 0 aromatic heterocycles. The number of para-hydroxylation sites is 1. The smallest absolute Gasteiger partial charge is 0.311 e. The van der Waals surface area contributed by atoms with E-state index in [0.717, 1.165) is 5.75 Å². The van der Waals surface area contributed by atoms with Crippen molar-refractivity contribution in [2.75, 3.05) is 13.2 Å². The highest BCUT2D eigenvalue weighted by Crippen LogP contribution is 2.45. The van der Waals surface area contributed by atoms with Crippen LogP contribution in [0, 0.1) is 5.41 Å². The average Bonchev–Trinajstić information content (AvgIpc) is 3.24. The van der Waals surface area contributed by atoms with Gasteiger partial charge >= 0.3 is 5.97 Å². The number of nitrogens with one attached hydrogen (secondary N) is 1. The van der Waals surface area contributed by atoms with E-state index in [4.69, 9.17) is 9.84 Å². The summed E-state index contributed by atoms with van der Waals surface area (Å²) in [6, 6.07) is 9.43. The van der Waals surface area contributed by atoms with E-state index in [1.807, 2.05) is 30.3 Å². The maximum atomic E-state index is 11.6. The van der Waals surface area contributed by atoms with Gasteiger partial charge in [-0.05, 0) is 31.4 Å². The highest BCUT2D eigenvalue weighted by molar-refractivity contribution is 5.80. The summed E-state index contributed by atoms with van der Waals surface area (Å²) >= 11 is 0. The largest absolute Gasteiger partial charge is 0.494 e. The monoisotopic (exact) mass is 277 g/mol. The maximum absolute atomic E-state index is 11.6. The fourth-order valence-corrected chi connectivity index (χ4v) is 1.91. The number of hydrogen-bond acceptors (Lipinski definition) is 3. The Hall–Kier alpha value is -2.04. The molecule has 0 aliphatic heterocycles. The molecule has 0 saturated heterocycles. The van der Waals surface area contributed by atoms with Crippen molar-refractivity contribution in [3.05, 3.63) is 30.3 Å². The second-order valence-corrected chi connectivity index (χ2v) is 5.13. The first-order chi connectivity index (χ1) is 9.62. The molecule has 0 radical (unpaired) electrons. The number of aliphatic carboxylic acids is 1. The quantitative estimate of drug-likeness (QED) is 0.711. The summed E-state index contributed by atoms with van der Waals surface area (Å²) in [5.74, 6) is -0.143. The Kier molecular flexibility index (Phi) is 4.61. The van der Waals surface area contributed by atoms with Crippen LogP contribution in [0.25, 0.3) is 0 Å². The molecule has 1 aromatic carbocycles. The van der Waals surface area contributed by atoms with Crippen LogP contribution in [0.1, 0.15) is 25.7 Å². The summed E-state index contributed by atoms with van der Waals surface area (Å²) < 4.78 is 5.48. The van der Waals surface area contributed by atoms with Crippen LogP contribution in [0.2, 0.25) is 0 Å². The molecule has 0 bridgehead atoms. The Bertz CT molecular complexity index is 468. The normalized spacial score (nSPS) is 15.4. The Morgan fingerprint density at radius 1 is 1.25 bits per heavy atom. The molecule has 1 saturated carbocycles. The maximum Gasteiger partial charge on any atom is 0.311 e.